The number of hydrogen-bond acceptors (Lipinski definition) is 4. The standard InChI is InChI=1S/C8H15NO3S/c1-3-13(11,12)6(2)8(9-10)7-4-5-7/h6-7,10H,3-5H2,1-2H3. The van der Waals surface area contributed by atoms with Crippen molar-refractivity contribution in [3.8, 4) is 0 Å². The van der Waals surface area contributed by atoms with Crippen LogP contribution in [-0.2, 0) is 9.84 Å². The average Bonchev–Trinajstić information content (AvgIpc) is 2.89. The van der Waals surface area contributed by atoms with Crippen LogP contribution in [0, 0.1) is 5.92 Å². The van der Waals surface area contributed by atoms with Gasteiger partial charge in [-0.25, -0.2) is 8.42 Å². The molecule has 0 spiro atoms. The summed E-state index contributed by atoms with van der Waals surface area (Å²) in [5, 5.41) is 11.2. The van der Waals surface area contributed by atoms with Gasteiger partial charge >= 0.3 is 0 Å². The van der Waals surface area contributed by atoms with Gasteiger partial charge in [0.15, 0.2) is 9.84 Å². The molecule has 0 aromatic heterocycles. The van der Waals surface area contributed by atoms with Gasteiger partial charge in [0.2, 0.25) is 0 Å². The first-order valence-corrected chi connectivity index (χ1v) is 6.18. The molecule has 0 heterocycles. The monoisotopic (exact) mass is 205 g/mol. The molecule has 13 heavy (non-hydrogen) atoms. The topological polar surface area (TPSA) is 66.7 Å². The summed E-state index contributed by atoms with van der Waals surface area (Å²) in [7, 11) is -3.11. The summed E-state index contributed by atoms with van der Waals surface area (Å²) >= 11 is 0. The van der Waals surface area contributed by atoms with Crippen molar-refractivity contribution in [2.75, 3.05) is 5.75 Å². The van der Waals surface area contributed by atoms with E-state index in [9.17, 15) is 8.42 Å². The first kappa shape index (κ1) is 10.5. The average molecular weight is 205 g/mol. The molecule has 1 saturated carbocycles. The van der Waals surface area contributed by atoms with E-state index in [1.807, 2.05) is 0 Å². The van der Waals surface area contributed by atoms with Crippen molar-refractivity contribution >= 4 is 15.5 Å². The van der Waals surface area contributed by atoms with Crippen molar-refractivity contribution in [3.63, 3.8) is 0 Å². The molecule has 1 aliphatic carbocycles. The van der Waals surface area contributed by atoms with E-state index in [0.717, 1.165) is 12.8 Å². The van der Waals surface area contributed by atoms with Gasteiger partial charge in [-0.2, -0.15) is 0 Å². The normalized spacial score (nSPS) is 21.5. The molecule has 0 bridgehead atoms. The zero-order chi connectivity index (χ0) is 10.1. The first-order valence-electron chi connectivity index (χ1n) is 4.46. The van der Waals surface area contributed by atoms with Crippen LogP contribution in [0.5, 0.6) is 0 Å². The predicted molar refractivity (Wildman–Crippen MR) is 50.9 cm³/mol. The van der Waals surface area contributed by atoms with Crippen molar-refractivity contribution in [1.29, 1.82) is 0 Å². The molecule has 1 rings (SSSR count). The Labute approximate surface area is 78.6 Å². The number of hydrogen-bond donors (Lipinski definition) is 1. The van der Waals surface area contributed by atoms with Crippen molar-refractivity contribution in [1.82, 2.24) is 0 Å². The summed E-state index contributed by atoms with van der Waals surface area (Å²) < 4.78 is 22.9. The number of rotatable bonds is 4. The quantitative estimate of drug-likeness (QED) is 0.424. The summed E-state index contributed by atoms with van der Waals surface area (Å²) in [6, 6.07) is 0. The van der Waals surface area contributed by atoms with Crippen LogP contribution in [0.3, 0.4) is 0 Å². The molecular weight excluding hydrogens is 190 g/mol. The lowest BCUT2D eigenvalue weighted by atomic mass is 10.2. The fourth-order valence-corrected chi connectivity index (χ4v) is 2.42. The van der Waals surface area contributed by atoms with Crippen molar-refractivity contribution in [3.05, 3.63) is 0 Å². The van der Waals surface area contributed by atoms with E-state index in [1.54, 1.807) is 13.8 Å². The van der Waals surface area contributed by atoms with E-state index in [-0.39, 0.29) is 11.7 Å². The van der Waals surface area contributed by atoms with Crippen LogP contribution in [0.1, 0.15) is 26.7 Å². The molecule has 0 radical (unpaired) electrons. The Hall–Kier alpha value is -0.580. The second-order valence-electron chi connectivity index (χ2n) is 3.39. The Morgan fingerprint density at radius 1 is 1.62 bits per heavy atom. The van der Waals surface area contributed by atoms with Gasteiger partial charge in [0.05, 0.1) is 5.71 Å². The first-order chi connectivity index (χ1) is 6.03. The second-order valence-corrected chi connectivity index (χ2v) is 6.00. The van der Waals surface area contributed by atoms with Gasteiger partial charge in [-0.1, -0.05) is 12.1 Å². The van der Waals surface area contributed by atoms with Crippen LogP contribution in [0.4, 0.5) is 0 Å². The minimum Gasteiger partial charge on any atom is -0.411 e. The molecule has 1 atom stereocenters. The van der Waals surface area contributed by atoms with Crippen LogP contribution >= 0.6 is 0 Å². The molecule has 1 fully saturated rings. The van der Waals surface area contributed by atoms with Crippen LogP contribution in [-0.4, -0.2) is 30.3 Å². The van der Waals surface area contributed by atoms with Crippen molar-refractivity contribution in [2.45, 2.75) is 31.9 Å². The highest BCUT2D eigenvalue weighted by Gasteiger charge is 2.36. The van der Waals surface area contributed by atoms with Gasteiger partial charge in [-0.3, -0.25) is 0 Å². The van der Waals surface area contributed by atoms with Crippen LogP contribution in [0.2, 0.25) is 0 Å². The molecule has 5 heteroatoms. The minimum atomic E-state index is -3.11. The maximum Gasteiger partial charge on any atom is 0.158 e. The SMILES string of the molecule is CCS(=O)(=O)C(C)C(=NO)C1CC1. The summed E-state index contributed by atoms with van der Waals surface area (Å²) in [5.41, 5.74) is 0.432. The number of oxime groups is 1. The molecule has 0 aromatic rings. The summed E-state index contributed by atoms with van der Waals surface area (Å²) in [6.45, 7) is 3.19. The fourth-order valence-electron chi connectivity index (χ4n) is 1.31. The van der Waals surface area contributed by atoms with Crippen LogP contribution < -0.4 is 0 Å². The molecule has 1 aliphatic rings. The molecule has 1 unspecified atom stereocenters. The molecule has 4 nitrogen and oxygen atoms in total. The Morgan fingerprint density at radius 3 is 2.46 bits per heavy atom. The minimum absolute atomic E-state index is 0.0971. The van der Waals surface area contributed by atoms with Gasteiger partial charge in [0, 0.05) is 11.7 Å². The van der Waals surface area contributed by atoms with Gasteiger partial charge < -0.3 is 5.21 Å². The third-order valence-corrected chi connectivity index (χ3v) is 4.59. The zero-order valence-electron chi connectivity index (χ0n) is 7.90. The van der Waals surface area contributed by atoms with E-state index in [0.29, 0.717) is 5.71 Å². The molecule has 0 saturated heterocycles. The molecule has 0 aromatic carbocycles. The van der Waals surface area contributed by atoms with E-state index in [4.69, 9.17) is 5.21 Å². The highest BCUT2D eigenvalue weighted by molar-refractivity contribution is 7.92. The molecule has 0 amide bonds. The van der Waals surface area contributed by atoms with E-state index < -0.39 is 15.1 Å². The third kappa shape index (κ3) is 2.21. The molecule has 1 N–H and O–H groups in total. The van der Waals surface area contributed by atoms with Crippen molar-refractivity contribution < 1.29 is 13.6 Å². The number of nitrogens with zero attached hydrogens (tertiary/aromatic N) is 1. The Balaban J connectivity index is 2.81. The lowest BCUT2D eigenvalue weighted by Gasteiger charge is -2.11. The lowest BCUT2D eigenvalue weighted by molar-refractivity contribution is 0.316. The Kier molecular flexibility index (Phi) is 2.95. The van der Waals surface area contributed by atoms with Crippen molar-refractivity contribution in [2.24, 2.45) is 11.1 Å². The smallest absolute Gasteiger partial charge is 0.158 e. The van der Waals surface area contributed by atoms with E-state index in [1.165, 1.54) is 0 Å². The summed E-state index contributed by atoms with van der Waals surface area (Å²) in [6.07, 6.45) is 1.89. The highest BCUT2D eigenvalue weighted by atomic mass is 32.2. The van der Waals surface area contributed by atoms with Gasteiger partial charge in [0.25, 0.3) is 0 Å². The number of sulfone groups is 1. The maximum absolute atomic E-state index is 11.4. The second kappa shape index (κ2) is 3.65. The zero-order valence-corrected chi connectivity index (χ0v) is 8.71. The summed E-state index contributed by atoms with van der Waals surface area (Å²) in [4.78, 5) is 0. The Bertz CT molecular complexity index is 303. The van der Waals surface area contributed by atoms with Crippen LogP contribution in [0.25, 0.3) is 0 Å². The van der Waals surface area contributed by atoms with Gasteiger partial charge in [0.1, 0.15) is 5.25 Å². The highest BCUT2D eigenvalue weighted by Crippen LogP contribution is 2.33. The predicted octanol–water partition coefficient (Wildman–Crippen LogP) is 1.05. The molecular formula is C8H15NO3S. The lowest BCUT2D eigenvalue weighted by Crippen LogP contribution is -2.30. The largest absolute Gasteiger partial charge is 0.411 e. The van der Waals surface area contributed by atoms with Gasteiger partial charge in [-0.05, 0) is 19.8 Å². The van der Waals surface area contributed by atoms with Crippen LogP contribution in [0.15, 0.2) is 5.16 Å². The Morgan fingerprint density at radius 2 is 2.15 bits per heavy atom. The molecule has 0 aliphatic heterocycles. The maximum atomic E-state index is 11.4. The van der Waals surface area contributed by atoms with Gasteiger partial charge in [-0.15, -0.1) is 0 Å². The summed E-state index contributed by atoms with van der Waals surface area (Å²) in [5.74, 6) is 0.293. The van der Waals surface area contributed by atoms with E-state index in [2.05, 4.69) is 5.16 Å². The fraction of sp³-hybridized carbons (Fsp3) is 0.875. The third-order valence-electron chi connectivity index (χ3n) is 2.47. The van der Waals surface area contributed by atoms with E-state index >= 15 is 0 Å². The molecule has 76 valence electrons.